The minimum absolute atomic E-state index is 0.787. The first kappa shape index (κ1) is 17.5. The number of thiazole rings is 1. The van der Waals surface area contributed by atoms with Crippen molar-refractivity contribution in [3.63, 3.8) is 0 Å². The van der Waals surface area contributed by atoms with E-state index in [0.717, 1.165) is 43.7 Å². The highest BCUT2D eigenvalue weighted by Gasteiger charge is 2.07. The Kier molecular flexibility index (Phi) is 4.50. The van der Waals surface area contributed by atoms with Gasteiger partial charge in [-0.15, -0.1) is 21.6 Å². The molecule has 5 aromatic rings. The fourth-order valence-corrected chi connectivity index (χ4v) is 4.03. The molecule has 0 aliphatic carbocycles. The molecular weight excluding hydrogens is 376 g/mol. The maximum atomic E-state index is 4.56. The van der Waals surface area contributed by atoms with Gasteiger partial charge in [0.25, 0.3) is 0 Å². The zero-order valence-corrected chi connectivity index (χ0v) is 16.6. The molecule has 0 saturated carbocycles. The normalized spacial score (nSPS) is 11.5. The molecule has 0 unspecified atom stereocenters. The summed E-state index contributed by atoms with van der Waals surface area (Å²) in [4.78, 5) is 4.42. The molecule has 1 heterocycles. The van der Waals surface area contributed by atoms with Crippen LogP contribution in [0.1, 0.15) is 5.56 Å². The van der Waals surface area contributed by atoms with Crippen molar-refractivity contribution in [2.24, 2.45) is 10.2 Å². The molecular formula is C24H18N4S. The van der Waals surface area contributed by atoms with E-state index in [4.69, 9.17) is 0 Å². The number of hydrogen-bond acceptors (Lipinski definition) is 5. The quantitative estimate of drug-likeness (QED) is 0.315. The molecule has 0 bridgehead atoms. The van der Waals surface area contributed by atoms with Gasteiger partial charge in [-0.25, -0.2) is 4.98 Å². The van der Waals surface area contributed by atoms with Crippen molar-refractivity contribution in [2.45, 2.75) is 6.92 Å². The maximum absolute atomic E-state index is 4.56. The van der Waals surface area contributed by atoms with E-state index in [9.17, 15) is 0 Å². The van der Waals surface area contributed by atoms with Crippen molar-refractivity contribution in [1.82, 2.24) is 4.98 Å². The summed E-state index contributed by atoms with van der Waals surface area (Å²) in [5, 5.41) is 14.7. The van der Waals surface area contributed by atoms with Crippen molar-refractivity contribution in [3.05, 3.63) is 89.9 Å². The second kappa shape index (κ2) is 7.45. The first-order valence-electron chi connectivity index (χ1n) is 9.37. The lowest BCUT2D eigenvalue weighted by Gasteiger charge is -2.11. The zero-order chi connectivity index (χ0) is 19.6. The first-order chi connectivity index (χ1) is 14.3. The lowest BCUT2D eigenvalue weighted by molar-refractivity contribution is 1.24. The molecule has 5 heteroatoms. The van der Waals surface area contributed by atoms with Gasteiger partial charge in [0.1, 0.15) is 11.2 Å². The Bertz CT molecular complexity index is 1340. The largest absolute Gasteiger partial charge is 0.355 e. The number of rotatable bonds is 4. The highest BCUT2D eigenvalue weighted by molar-refractivity contribution is 7.16. The summed E-state index contributed by atoms with van der Waals surface area (Å²) in [5.41, 5.74) is 7.70. The minimum Gasteiger partial charge on any atom is -0.355 e. The van der Waals surface area contributed by atoms with Crippen LogP contribution in [-0.4, -0.2) is 4.98 Å². The molecule has 0 radical (unpaired) electrons. The zero-order valence-electron chi connectivity index (χ0n) is 15.8. The Morgan fingerprint density at radius 2 is 1.55 bits per heavy atom. The number of aromatic nitrogens is 1. The van der Waals surface area contributed by atoms with Crippen LogP contribution >= 0.6 is 11.3 Å². The number of anilines is 2. The third-order valence-electron chi connectivity index (χ3n) is 4.84. The van der Waals surface area contributed by atoms with Crippen LogP contribution in [0.15, 0.2) is 94.6 Å². The van der Waals surface area contributed by atoms with Gasteiger partial charge in [-0.1, -0.05) is 48.0 Å². The molecule has 4 nitrogen and oxygen atoms in total. The van der Waals surface area contributed by atoms with Crippen LogP contribution in [0, 0.1) is 6.92 Å². The van der Waals surface area contributed by atoms with E-state index in [1.54, 1.807) is 11.3 Å². The summed E-state index contributed by atoms with van der Waals surface area (Å²) < 4.78 is 1.11. The number of hydrogen-bond donors (Lipinski definition) is 1. The average molecular weight is 395 g/mol. The van der Waals surface area contributed by atoms with E-state index in [0.29, 0.717) is 0 Å². The van der Waals surface area contributed by atoms with Gasteiger partial charge in [0, 0.05) is 22.1 Å². The lowest BCUT2D eigenvalue weighted by atomic mass is 10.1. The smallest absolute Gasteiger partial charge is 0.113 e. The molecule has 0 atom stereocenters. The van der Waals surface area contributed by atoms with Crippen LogP contribution in [0.3, 0.4) is 0 Å². The van der Waals surface area contributed by atoms with E-state index in [2.05, 4.69) is 69.9 Å². The van der Waals surface area contributed by atoms with Crippen LogP contribution in [0.25, 0.3) is 21.0 Å². The second-order valence-electron chi connectivity index (χ2n) is 6.85. The molecule has 0 saturated heterocycles. The molecule has 0 aliphatic rings. The summed E-state index contributed by atoms with van der Waals surface area (Å²) in [7, 11) is 0. The van der Waals surface area contributed by atoms with Crippen LogP contribution < -0.4 is 5.32 Å². The highest BCUT2D eigenvalue weighted by Crippen LogP contribution is 2.35. The van der Waals surface area contributed by atoms with Crippen LogP contribution in [-0.2, 0) is 0 Å². The minimum atomic E-state index is 0.787. The topological polar surface area (TPSA) is 49.6 Å². The van der Waals surface area contributed by atoms with Gasteiger partial charge in [0.2, 0.25) is 0 Å². The van der Waals surface area contributed by atoms with Gasteiger partial charge in [-0.2, -0.15) is 0 Å². The van der Waals surface area contributed by atoms with E-state index >= 15 is 0 Å². The second-order valence-corrected chi connectivity index (χ2v) is 7.73. The first-order valence-corrected chi connectivity index (χ1v) is 10.3. The third kappa shape index (κ3) is 3.48. The van der Waals surface area contributed by atoms with Crippen molar-refractivity contribution in [2.75, 3.05) is 5.32 Å². The van der Waals surface area contributed by atoms with E-state index in [-0.39, 0.29) is 0 Å². The predicted molar refractivity (Wildman–Crippen MR) is 122 cm³/mol. The monoisotopic (exact) mass is 394 g/mol. The molecule has 0 fully saturated rings. The average Bonchev–Trinajstić information content (AvgIpc) is 3.24. The van der Waals surface area contributed by atoms with Crippen molar-refractivity contribution in [1.29, 1.82) is 0 Å². The standard InChI is InChI=1S/C24H18N4S/c1-16-9-11-17(12-10-16)26-20-13-14-21(19-6-3-2-5-18(19)20)27-28-22-7-4-8-23-24(22)25-15-29-23/h2-15,26H,1H3. The number of nitrogens with zero attached hydrogens (tertiary/aromatic N) is 3. The Hall–Kier alpha value is -3.57. The van der Waals surface area contributed by atoms with Crippen LogP contribution in [0.4, 0.5) is 22.7 Å². The summed E-state index contributed by atoms with van der Waals surface area (Å²) in [6.45, 7) is 2.09. The van der Waals surface area contributed by atoms with Gasteiger partial charge >= 0.3 is 0 Å². The Morgan fingerprint density at radius 3 is 2.41 bits per heavy atom. The Morgan fingerprint density at radius 1 is 0.759 bits per heavy atom. The van der Waals surface area contributed by atoms with Gasteiger partial charge < -0.3 is 5.32 Å². The molecule has 0 spiro atoms. The molecule has 1 N–H and O–H groups in total. The SMILES string of the molecule is Cc1ccc(Nc2ccc(N=Nc3cccc4scnc34)c3ccccc23)cc1. The summed E-state index contributed by atoms with van der Waals surface area (Å²) in [6.07, 6.45) is 0. The molecule has 0 aliphatic heterocycles. The molecule has 0 amide bonds. The fraction of sp³-hybridized carbons (Fsp3) is 0.0417. The number of aryl methyl sites for hydroxylation is 1. The molecule has 4 aromatic carbocycles. The lowest BCUT2D eigenvalue weighted by Crippen LogP contribution is -1.91. The molecule has 5 rings (SSSR count). The maximum Gasteiger partial charge on any atom is 0.113 e. The van der Waals surface area contributed by atoms with Gasteiger partial charge in [0.05, 0.1) is 15.9 Å². The van der Waals surface area contributed by atoms with E-state index in [1.165, 1.54) is 5.56 Å². The van der Waals surface area contributed by atoms with Crippen molar-refractivity contribution in [3.8, 4) is 0 Å². The predicted octanol–water partition coefficient (Wildman–Crippen LogP) is 7.92. The van der Waals surface area contributed by atoms with E-state index < -0.39 is 0 Å². The van der Waals surface area contributed by atoms with Crippen molar-refractivity contribution < 1.29 is 0 Å². The van der Waals surface area contributed by atoms with Gasteiger partial charge in [0.15, 0.2) is 0 Å². The van der Waals surface area contributed by atoms with Gasteiger partial charge in [-0.3, -0.25) is 0 Å². The number of benzene rings is 4. The van der Waals surface area contributed by atoms with Gasteiger partial charge in [-0.05, 0) is 43.3 Å². The summed E-state index contributed by atoms with van der Waals surface area (Å²) in [5.74, 6) is 0. The molecule has 29 heavy (non-hydrogen) atoms. The fourth-order valence-electron chi connectivity index (χ4n) is 3.33. The Labute approximate surface area is 172 Å². The number of fused-ring (bicyclic) bond motifs is 2. The Balaban J connectivity index is 1.54. The van der Waals surface area contributed by atoms with E-state index in [1.807, 2.05) is 41.9 Å². The van der Waals surface area contributed by atoms with Crippen LogP contribution in [0.5, 0.6) is 0 Å². The van der Waals surface area contributed by atoms with Crippen molar-refractivity contribution >= 4 is 55.1 Å². The van der Waals surface area contributed by atoms with Crippen LogP contribution in [0.2, 0.25) is 0 Å². The molecule has 1 aromatic heterocycles. The number of azo groups is 1. The molecule has 140 valence electrons. The summed E-state index contributed by atoms with van der Waals surface area (Å²) >= 11 is 1.61. The number of para-hydroxylation sites is 1. The highest BCUT2D eigenvalue weighted by atomic mass is 32.1. The summed E-state index contributed by atoms with van der Waals surface area (Å²) in [6, 6.07) is 26.7. The number of nitrogens with one attached hydrogen (secondary N) is 1. The third-order valence-corrected chi connectivity index (χ3v) is 5.63.